The fraction of sp³-hybridized carbons (Fsp3) is 0. The van der Waals surface area contributed by atoms with E-state index < -0.39 is 26.0 Å². The zero-order valence-corrected chi connectivity index (χ0v) is 17.0. The van der Waals surface area contributed by atoms with Crippen molar-refractivity contribution in [3.63, 3.8) is 0 Å². The number of carbonyl (C=O) groups is 1. The molecule has 0 atom stereocenters. The number of fused-ring (bicyclic) bond motifs is 1. The van der Waals surface area contributed by atoms with Crippen molar-refractivity contribution in [2.75, 3.05) is 9.03 Å². The Balaban J connectivity index is 1.64. The van der Waals surface area contributed by atoms with Crippen LogP contribution in [0.1, 0.15) is 10.4 Å². The van der Waals surface area contributed by atoms with Gasteiger partial charge in [-0.3, -0.25) is 4.79 Å². The molecule has 0 unspecified atom stereocenters. The standard InChI is InChI=1S/C19H13ClN2O5S2/c20-14-5-3-4-13(12-14)19(23)21-15-8-10-16(11-9-15)22-28(24,25)17-6-1-2-7-18(17)29(22,26)27/h1-12H,(H,21,23). The van der Waals surface area contributed by atoms with Gasteiger partial charge in [0.2, 0.25) is 0 Å². The Labute approximate surface area is 172 Å². The van der Waals surface area contributed by atoms with Crippen molar-refractivity contribution in [1.29, 1.82) is 0 Å². The number of hydrogen-bond donors (Lipinski definition) is 1. The summed E-state index contributed by atoms with van der Waals surface area (Å²) in [7, 11) is -8.49. The summed E-state index contributed by atoms with van der Waals surface area (Å²) in [6.45, 7) is 0. The van der Waals surface area contributed by atoms with Gasteiger partial charge in [-0.1, -0.05) is 29.8 Å². The fourth-order valence-electron chi connectivity index (χ4n) is 2.96. The topological polar surface area (TPSA) is 101 Å². The van der Waals surface area contributed by atoms with E-state index in [4.69, 9.17) is 11.6 Å². The van der Waals surface area contributed by atoms with Crippen LogP contribution in [0.3, 0.4) is 0 Å². The highest BCUT2D eigenvalue weighted by atomic mass is 35.5. The highest BCUT2D eigenvalue weighted by Gasteiger charge is 2.47. The van der Waals surface area contributed by atoms with Gasteiger partial charge in [0, 0.05) is 16.3 Å². The number of sulfonamides is 2. The number of anilines is 2. The molecule has 148 valence electrons. The highest BCUT2D eigenvalue weighted by Crippen LogP contribution is 2.40. The Kier molecular flexibility index (Phi) is 4.60. The van der Waals surface area contributed by atoms with Gasteiger partial charge in [0.05, 0.1) is 5.69 Å². The molecule has 0 aliphatic carbocycles. The molecule has 0 aromatic heterocycles. The third-order valence-corrected chi connectivity index (χ3v) is 8.92. The van der Waals surface area contributed by atoms with Crippen LogP contribution in [-0.4, -0.2) is 22.7 Å². The van der Waals surface area contributed by atoms with E-state index in [-0.39, 0.29) is 15.5 Å². The Morgan fingerprint density at radius 2 is 1.38 bits per heavy atom. The third kappa shape index (κ3) is 3.27. The first-order valence-corrected chi connectivity index (χ1v) is 11.5. The van der Waals surface area contributed by atoms with Gasteiger partial charge >= 0.3 is 0 Å². The normalized spacial score (nSPS) is 16.2. The van der Waals surface area contributed by atoms with Crippen molar-refractivity contribution in [3.8, 4) is 0 Å². The monoisotopic (exact) mass is 448 g/mol. The molecule has 1 heterocycles. The molecule has 1 amide bonds. The minimum absolute atomic E-state index is 0.0537. The molecular formula is C19H13ClN2O5S2. The van der Waals surface area contributed by atoms with E-state index in [9.17, 15) is 21.6 Å². The molecule has 0 bridgehead atoms. The second-order valence-corrected chi connectivity index (χ2v) is 10.3. The lowest BCUT2D eigenvalue weighted by molar-refractivity contribution is 0.102. The Morgan fingerprint density at radius 3 is 1.93 bits per heavy atom. The van der Waals surface area contributed by atoms with E-state index in [1.165, 1.54) is 54.6 Å². The average molecular weight is 449 g/mol. The second kappa shape index (κ2) is 6.87. The number of halogens is 1. The van der Waals surface area contributed by atoms with Crippen molar-refractivity contribution in [3.05, 3.63) is 83.4 Å². The largest absolute Gasteiger partial charge is 0.322 e. The lowest BCUT2D eigenvalue weighted by Gasteiger charge is -2.16. The summed E-state index contributed by atoms with van der Waals surface area (Å²) in [5.41, 5.74) is 0.661. The highest BCUT2D eigenvalue weighted by molar-refractivity contribution is 8.12. The van der Waals surface area contributed by atoms with Crippen LogP contribution < -0.4 is 9.03 Å². The maximum absolute atomic E-state index is 12.7. The predicted octanol–water partition coefficient (Wildman–Crippen LogP) is 3.49. The first kappa shape index (κ1) is 19.4. The fourth-order valence-corrected chi connectivity index (χ4v) is 7.60. The Morgan fingerprint density at radius 1 is 0.793 bits per heavy atom. The summed E-state index contributed by atoms with van der Waals surface area (Å²) >= 11 is 5.88. The minimum Gasteiger partial charge on any atom is -0.322 e. The molecule has 3 aromatic carbocycles. The molecule has 0 spiro atoms. The first-order valence-electron chi connectivity index (χ1n) is 8.28. The van der Waals surface area contributed by atoms with Crippen LogP contribution in [0.25, 0.3) is 0 Å². The molecule has 1 aliphatic heterocycles. The summed E-state index contributed by atoms with van der Waals surface area (Å²) in [5.74, 6) is -0.408. The molecule has 4 rings (SSSR count). The average Bonchev–Trinajstić information content (AvgIpc) is 2.85. The van der Waals surface area contributed by atoms with Crippen molar-refractivity contribution in [2.24, 2.45) is 0 Å². The van der Waals surface area contributed by atoms with E-state index in [0.717, 1.165) is 0 Å². The van der Waals surface area contributed by atoms with Gasteiger partial charge in [0.1, 0.15) is 9.79 Å². The summed E-state index contributed by atoms with van der Waals surface area (Å²) in [5, 5.41) is 3.06. The molecule has 0 saturated heterocycles. The van der Waals surface area contributed by atoms with Gasteiger partial charge in [0.15, 0.2) is 0 Å². The first-order chi connectivity index (χ1) is 13.7. The molecular weight excluding hydrogens is 436 g/mol. The van der Waals surface area contributed by atoms with E-state index in [1.807, 2.05) is 0 Å². The van der Waals surface area contributed by atoms with E-state index in [1.54, 1.807) is 18.2 Å². The molecule has 10 heteroatoms. The molecule has 3 aromatic rings. The van der Waals surface area contributed by atoms with Crippen LogP contribution in [0.15, 0.2) is 82.6 Å². The zero-order valence-electron chi connectivity index (χ0n) is 14.6. The minimum atomic E-state index is -4.25. The smallest absolute Gasteiger partial charge is 0.279 e. The number of hydrogen-bond acceptors (Lipinski definition) is 5. The Hall–Kier alpha value is -2.88. The number of rotatable bonds is 3. The van der Waals surface area contributed by atoms with Crippen LogP contribution in [0.4, 0.5) is 11.4 Å². The summed E-state index contributed by atoms with van der Waals surface area (Å²) in [6.07, 6.45) is 0. The second-order valence-electron chi connectivity index (χ2n) is 6.17. The molecule has 1 N–H and O–H groups in total. The van der Waals surface area contributed by atoms with Crippen molar-refractivity contribution in [1.82, 2.24) is 0 Å². The van der Waals surface area contributed by atoms with Crippen LogP contribution in [0, 0.1) is 0 Å². The van der Waals surface area contributed by atoms with Gasteiger partial charge in [-0.25, -0.2) is 0 Å². The van der Waals surface area contributed by atoms with Crippen molar-refractivity contribution >= 4 is 48.9 Å². The van der Waals surface area contributed by atoms with Gasteiger partial charge < -0.3 is 5.32 Å². The lowest BCUT2D eigenvalue weighted by atomic mass is 10.2. The maximum atomic E-state index is 12.7. The van der Waals surface area contributed by atoms with Gasteiger partial charge in [-0.05, 0) is 54.6 Å². The zero-order chi connectivity index (χ0) is 20.8. The number of amides is 1. The quantitative estimate of drug-likeness (QED) is 0.661. The number of carbonyl (C=O) groups excluding carboxylic acids is 1. The van der Waals surface area contributed by atoms with Gasteiger partial charge in [-0.2, -0.15) is 20.5 Å². The lowest BCUT2D eigenvalue weighted by Crippen LogP contribution is -2.30. The number of nitrogens with zero attached hydrogens (tertiary/aromatic N) is 1. The molecule has 7 nitrogen and oxygen atoms in total. The molecule has 0 radical (unpaired) electrons. The number of nitrogens with one attached hydrogen (secondary N) is 1. The molecule has 29 heavy (non-hydrogen) atoms. The summed E-state index contributed by atoms with van der Waals surface area (Å²) in [6, 6.07) is 17.3. The van der Waals surface area contributed by atoms with Crippen molar-refractivity contribution in [2.45, 2.75) is 9.79 Å². The molecule has 0 saturated carbocycles. The SMILES string of the molecule is O=C(Nc1ccc(N2S(=O)(=O)c3ccccc3S2(=O)=O)cc1)c1cccc(Cl)c1. The van der Waals surface area contributed by atoms with Crippen LogP contribution in [0.2, 0.25) is 5.02 Å². The maximum Gasteiger partial charge on any atom is 0.279 e. The summed E-state index contributed by atoms with van der Waals surface area (Å²) in [4.78, 5) is 11.8. The summed E-state index contributed by atoms with van der Waals surface area (Å²) < 4.78 is 51.4. The van der Waals surface area contributed by atoms with Crippen LogP contribution >= 0.6 is 11.6 Å². The predicted molar refractivity (Wildman–Crippen MR) is 109 cm³/mol. The van der Waals surface area contributed by atoms with Crippen LogP contribution in [-0.2, 0) is 20.0 Å². The Bertz CT molecular complexity index is 1280. The number of benzene rings is 3. The third-order valence-electron chi connectivity index (χ3n) is 4.26. The van der Waals surface area contributed by atoms with E-state index in [2.05, 4.69) is 5.32 Å². The van der Waals surface area contributed by atoms with E-state index >= 15 is 0 Å². The van der Waals surface area contributed by atoms with Crippen LogP contribution in [0.5, 0.6) is 0 Å². The molecule has 0 fully saturated rings. The molecule has 1 aliphatic rings. The van der Waals surface area contributed by atoms with Crippen molar-refractivity contribution < 1.29 is 21.6 Å². The van der Waals surface area contributed by atoms with Gasteiger partial charge in [-0.15, -0.1) is 0 Å². The van der Waals surface area contributed by atoms with Gasteiger partial charge in [0.25, 0.3) is 26.0 Å². The van der Waals surface area contributed by atoms with E-state index in [0.29, 0.717) is 20.0 Å².